The molecule has 5 rings (SSSR count). The van der Waals surface area contributed by atoms with Gasteiger partial charge in [-0.3, -0.25) is 4.79 Å². The molecule has 0 radical (unpaired) electrons. The number of pyridine rings is 1. The fourth-order valence-electron chi connectivity index (χ4n) is 3.98. The molecule has 1 unspecified atom stereocenters. The van der Waals surface area contributed by atoms with Gasteiger partial charge < -0.3 is 19.7 Å². The van der Waals surface area contributed by atoms with E-state index in [1.807, 2.05) is 24.3 Å². The average molecular weight is 379 g/mol. The SMILES string of the molecule is O=C1Oc2cc(N3CCNCC3)ccc2CC1c1cccc(OC2CCC2)n1. The summed E-state index contributed by atoms with van der Waals surface area (Å²) in [5.74, 6) is 0.662. The highest BCUT2D eigenvalue weighted by Gasteiger charge is 2.32. The van der Waals surface area contributed by atoms with E-state index in [4.69, 9.17) is 9.47 Å². The molecule has 2 aliphatic heterocycles. The lowest BCUT2D eigenvalue weighted by atomic mass is 9.92. The highest BCUT2D eigenvalue weighted by molar-refractivity contribution is 5.83. The van der Waals surface area contributed by atoms with Crippen molar-refractivity contribution in [2.24, 2.45) is 0 Å². The molecule has 28 heavy (non-hydrogen) atoms. The van der Waals surface area contributed by atoms with Crippen LogP contribution in [0.1, 0.15) is 36.4 Å². The van der Waals surface area contributed by atoms with Gasteiger partial charge in [0.2, 0.25) is 5.88 Å². The quantitative estimate of drug-likeness (QED) is 0.651. The van der Waals surface area contributed by atoms with Crippen LogP contribution in [0, 0.1) is 0 Å². The number of nitrogens with one attached hydrogen (secondary N) is 1. The van der Waals surface area contributed by atoms with Gasteiger partial charge in [0.15, 0.2) is 0 Å². The number of piperazine rings is 1. The van der Waals surface area contributed by atoms with Gasteiger partial charge in [0, 0.05) is 44.0 Å². The van der Waals surface area contributed by atoms with Gasteiger partial charge in [-0.2, -0.15) is 0 Å². The van der Waals surface area contributed by atoms with E-state index in [-0.39, 0.29) is 18.0 Å². The Morgan fingerprint density at radius 2 is 2.00 bits per heavy atom. The van der Waals surface area contributed by atoms with E-state index < -0.39 is 0 Å². The highest BCUT2D eigenvalue weighted by Crippen LogP contribution is 2.36. The second-order valence-electron chi connectivity index (χ2n) is 7.78. The molecule has 2 aromatic rings. The normalized spacial score (nSPS) is 22.2. The van der Waals surface area contributed by atoms with E-state index in [0.717, 1.165) is 56.0 Å². The summed E-state index contributed by atoms with van der Waals surface area (Å²) in [6.07, 6.45) is 4.26. The molecule has 3 aliphatic rings. The summed E-state index contributed by atoms with van der Waals surface area (Å²) in [7, 11) is 0. The van der Waals surface area contributed by atoms with E-state index in [9.17, 15) is 4.79 Å². The van der Waals surface area contributed by atoms with Gasteiger partial charge in [0.1, 0.15) is 17.8 Å². The summed E-state index contributed by atoms with van der Waals surface area (Å²) in [6.45, 7) is 3.88. The van der Waals surface area contributed by atoms with Crippen LogP contribution in [0.5, 0.6) is 11.6 Å². The van der Waals surface area contributed by atoms with Crippen LogP contribution in [-0.2, 0) is 11.2 Å². The molecule has 0 bridgehead atoms. The first-order valence-corrected chi connectivity index (χ1v) is 10.2. The minimum Gasteiger partial charge on any atom is -0.474 e. The van der Waals surface area contributed by atoms with Crippen LogP contribution in [0.15, 0.2) is 36.4 Å². The standard InChI is InChI=1S/C22H25N3O3/c26-22-18(19-5-2-6-21(24-19)27-17-3-1-4-17)13-15-7-8-16(14-20(15)28-22)25-11-9-23-10-12-25/h2,5-8,14,17-18,23H,1,3-4,9-13H2. The maximum atomic E-state index is 12.7. The smallest absolute Gasteiger partial charge is 0.320 e. The molecule has 1 saturated heterocycles. The van der Waals surface area contributed by atoms with Crippen molar-refractivity contribution >= 4 is 11.7 Å². The number of nitrogens with zero attached hydrogens (tertiary/aromatic N) is 2. The minimum absolute atomic E-state index is 0.238. The van der Waals surface area contributed by atoms with Crippen molar-refractivity contribution in [3.05, 3.63) is 47.7 Å². The van der Waals surface area contributed by atoms with Crippen LogP contribution in [0.3, 0.4) is 0 Å². The average Bonchev–Trinajstić information content (AvgIpc) is 2.71. The molecular formula is C22H25N3O3. The first-order valence-electron chi connectivity index (χ1n) is 10.2. The Kier molecular flexibility index (Phi) is 4.64. The number of benzene rings is 1. The Morgan fingerprint density at radius 3 is 2.79 bits per heavy atom. The summed E-state index contributed by atoms with van der Waals surface area (Å²) in [6, 6.07) is 11.9. The van der Waals surface area contributed by atoms with Crippen molar-refractivity contribution in [3.63, 3.8) is 0 Å². The summed E-state index contributed by atoms with van der Waals surface area (Å²) < 4.78 is 11.6. The van der Waals surface area contributed by atoms with Gasteiger partial charge in [-0.25, -0.2) is 4.98 Å². The van der Waals surface area contributed by atoms with Gasteiger partial charge in [0.25, 0.3) is 0 Å². The molecule has 6 heteroatoms. The number of hydrogen-bond acceptors (Lipinski definition) is 6. The summed E-state index contributed by atoms with van der Waals surface area (Å²) in [4.78, 5) is 19.6. The zero-order chi connectivity index (χ0) is 18.9. The molecule has 2 fully saturated rings. The highest BCUT2D eigenvalue weighted by atomic mass is 16.5. The molecule has 146 valence electrons. The van der Waals surface area contributed by atoms with Gasteiger partial charge >= 0.3 is 5.97 Å². The maximum absolute atomic E-state index is 12.7. The molecule has 0 amide bonds. The number of fused-ring (bicyclic) bond motifs is 1. The van der Waals surface area contributed by atoms with Crippen molar-refractivity contribution in [3.8, 4) is 11.6 Å². The Morgan fingerprint density at radius 1 is 1.14 bits per heavy atom. The molecule has 6 nitrogen and oxygen atoms in total. The Labute approximate surface area is 164 Å². The third kappa shape index (κ3) is 3.44. The minimum atomic E-state index is -0.387. The number of carbonyl (C=O) groups is 1. The molecule has 0 spiro atoms. The summed E-state index contributed by atoms with van der Waals surface area (Å²) in [5.41, 5.74) is 2.88. The topological polar surface area (TPSA) is 63.7 Å². The third-order valence-electron chi connectivity index (χ3n) is 5.89. The number of ether oxygens (including phenoxy) is 2. The monoisotopic (exact) mass is 379 g/mol. The lowest BCUT2D eigenvalue weighted by molar-refractivity contribution is -0.137. The Bertz CT molecular complexity index is 875. The number of hydrogen-bond donors (Lipinski definition) is 1. The maximum Gasteiger partial charge on any atom is 0.320 e. The number of anilines is 1. The van der Waals surface area contributed by atoms with Crippen LogP contribution in [0.2, 0.25) is 0 Å². The zero-order valence-electron chi connectivity index (χ0n) is 15.9. The van der Waals surface area contributed by atoms with E-state index in [1.54, 1.807) is 0 Å². The third-order valence-corrected chi connectivity index (χ3v) is 5.89. The molecule has 1 saturated carbocycles. The molecule has 1 aromatic carbocycles. The number of carbonyl (C=O) groups excluding carboxylic acids is 1. The van der Waals surface area contributed by atoms with Crippen LogP contribution in [0.25, 0.3) is 0 Å². The second kappa shape index (κ2) is 7.43. The van der Waals surface area contributed by atoms with Crippen LogP contribution < -0.4 is 19.7 Å². The number of aromatic nitrogens is 1. The van der Waals surface area contributed by atoms with E-state index >= 15 is 0 Å². The lowest BCUT2D eigenvalue weighted by Gasteiger charge is -2.31. The fraction of sp³-hybridized carbons (Fsp3) is 0.455. The summed E-state index contributed by atoms with van der Waals surface area (Å²) in [5, 5.41) is 3.36. The van der Waals surface area contributed by atoms with Gasteiger partial charge in [-0.1, -0.05) is 12.1 Å². The predicted octanol–water partition coefficient (Wildman–Crippen LogP) is 2.67. The van der Waals surface area contributed by atoms with Crippen molar-refractivity contribution < 1.29 is 14.3 Å². The van der Waals surface area contributed by atoms with Gasteiger partial charge in [-0.05, 0) is 43.4 Å². The van der Waals surface area contributed by atoms with Gasteiger partial charge in [-0.15, -0.1) is 0 Å². The molecule has 1 atom stereocenters. The first kappa shape index (κ1) is 17.5. The lowest BCUT2D eigenvalue weighted by Crippen LogP contribution is -2.43. The Hall–Kier alpha value is -2.60. The van der Waals surface area contributed by atoms with E-state index in [2.05, 4.69) is 27.3 Å². The number of esters is 1. The predicted molar refractivity (Wildman–Crippen MR) is 106 cm³/mol. The van der Waals surface area contributed by atoms with E-state index in [1.165, 1.54) is 6.42 Å². The Balaban J connectivity index is 1.35. The first-order chi connectivity index (χ1) is 13.8. The molecule has 1 aliphatic carbocycles. The van der Waals surface area contributed by atoms with Crippen molar-refractivity contribution in [2.45, 2.75) is 37.7 Å². The molecular weight excluding hydrogens is 354 g/mol. The van der Waals surface area contributed by atoms with Crippen LogP contribution in [0.4, 0.5) is 5.69 Å². The molecule has 1 N–H and O–H groups in total. The second-order valence-corrected chi connectivity index (χ2v) is 7.78. The van der Waals surface area contributed by atoms with Crippen LogP contribution >= 0.6 is 0 Å². The largest absolute Gasteiger partial charge is 0.474 e. The van der Waals surface area contributed by atoms with Crippen LogP contribution in [-0.4, -0.2) is 43.2 Å². The van der Waals surface area contributed by atoms with E-state index in [0.29, 0.717) is 18.1 Å². The number of rotatable bonds is 4. The van der Waals surface area contributed by atoms with Crippen molar-refractivity contribution in [1.82, 2.24) is 10.3 Å². The summed E-state index contributed by atoms with van der Waals surface area (Å²) >= 11 is 0. The van der Waals surface area contributed by atoms with Gasteiger partial charge in [0.05, 0.1) is 5.69 Å². The van der Waals surface area contributed by atoms with Crippen molar-refractivity contribution in [2.75, 3.05) is 31.1 Å². The van der Waals surface area contributed by atoms with Crippen molar-refractivity contribution in [1.29, 1.82) is 0 Å². The molecule has 3 heterocycles. The zero-order valence-corrected chi connectivity index (χ0v) is 15.9. The molecule has 1 aromatic heterocycles. The fourth-order valence-corrected chi connectivity index (χ4v) is 3.98.